The summed E-state index contributed by atoms with van der Waals surface area (Å²) in [6.45, 7) is 0. The third-order valence-corrected chi connectivity index (χ3v) is 4.20. The van der Waals surface area contributed by atoms with Crippen LogP contribution in [-0.2, 0) is 9.53 Å². The fourth-order valence-corrected chi connectivity index (χ4v) is 2.88. The number of hydrogen-bond acceptors (Lipinski definition) is 7. The van der Waals surface area contributed by atoms with Gasteiger partial charge in [-0.3, -0.25) is 14.9 Å². The third-order valence-electron chi connectivity index (χ3n) is 2.25. The molecule has 1 aromatic carbocycles. The zero-order chi connectivity index (χ0) is 15.2. The van der Waals surface area contributed by atoms with E-state index in [4.69, 9.17) is 0 Å². The molecule has 0 bridgehead atoms. The lowest BCUT2D eigenvalue weighted by molar-refractivity contribution is -0.137. The van der Waals surface area contributed by atoms with Crippen molar-refractivity contribution in [3.63, 3.8) is 0 Å². The second-order valence-electron chi connectivity index (χ2n) is 3.70. The van der Waals surface area contributed by atoms with E-state index in [9.17, 15) is 14.0 Å². The van der Waals surface area contributed by atoms with Gasteiger partial charge >= 0.3 is 5.97 Å². The Bertz CT molecular complexity index is 663. The van der Waals surface area contributed by atoms with Gasteiger partial charge in [0.25, 0.3) is 5.91 Å². The number of nitrogens with zero attached hydrogens (tertiary/aromatic N) is 2. The number of nitrogens with one attached hydrogen (secondary N) is 1. The summed E-state index contributed by atoms with van der Waals surface area (Å²) in [6.07, 6.45) is 0. The standard InChI is InChI=1S/C12H10FN3O3S2/c1-19-9(17)6-20-12-16-15-11(21-12)14-10(18)7-3-2-4-8(13)5-7/h2-5H,6H2,1H3,(H,14,15,18). The molecule has 110 valence electrons. The van der Waals surface area contributed by atoms with Crippen LogP contribution >= 0.6 is 23.1 Å². The van der Waals surface area contributed by atoms with Gasteiger partial charge < -0.3 is 4.74 Å². The highest BCUT2D eigenvalue weighted by atomic mass is 32.2. The molecule has 0 saturated carbocycles. The van der Waals surface area contributed by atoms with Crippen LogP contribution in [0.15, 0.2) is 28.6 Å². The first-order valence-corrected chi connectivity index (χ1v) is 7.48. The monoisotopic (exact) mass is 327 g/mol. The van der Waals surface area contributed by atoms with E-state index in [0.717, 1.165) is 29.2 Å². The summed E-state index contributed by atoms with van der Waals surface area (Å²) < 4.78 is 18.1. The second kappa shape index (κ2) is 7.14. The zero-order valence-corrected chi connectivity index (χ0v) is 12.5. The Balaban J connectivity index is 1.96. The van der Waals surface area contributed by atoms with E-state index < -0.39 is 11.7 Å². The van der Waals surface area contributed by atoms with E-state index in [0.29, 0.717) is 4.34 Å². The highest BCUT2D eigenvalue weighted by Gasteiger charge is 2.12. The van der Waals surface area contributed by atoms with E-state index in [1.54, 1.807) is 0 Å². The molecule has 0 atom stereocenters. The minimum atomic E-state index is -0.491. The van der Waals surface area contributed by atoms with E-state index in [1.165, 1.54) is 25.3 Å². The van der Waals surface area contributed by atoms with Crippen LogP contribution in [0, 0.1) is 5.82 Å². The van der Waals surface area contributed by atoms with Crippen molar-refractivity contribution in [3.8, 4) is 0 Å². The fourth-order valence-electron chi connectivity index (χ4n) is 1.30. The zero-order valence-electron chi connectivity index (χ0n) is 10.8. The lowest BCUT2D eigenvalue weighted by atomic mass is 10.2. The van der Waals surface area contributed by atoms with Gasteiger partial charge in [0, 0.05) is 5.56 Å². The molecule has 0 spiro atoms. The van der Waals surface area contributed by atoms with Gasteiger partial charge in [0.2, 0.25) is 5.13 Å². The van der Waals surface area contributed by atoms with Crippen molar-refractivity contribution in [2.75, 3.05) is 18.2 Å². The van der Waals surface area contributed by atoms with E-state index in [2.05, 4.69) is 20.3 Å². The van der Waals surface area contributed by atoms with E-state index >= 15 is 0 Å². The summed E-state index contributed by atoms with van der Waals surface area (Å²) in [7, 11) is 1.30. The Labute approximate surface area is 127 Å². The summed E-state index contributed by atoms with van der Waals surface area (Å²) in [5.74, 6) is -1.23. The first-order valence-electron chi connectivity index (χ1n) is 5.68. The molecular formula is C12H10FN3O3S2. The number of ether oxygens (including phenoxy) is 1. The molecule has 9 heteroatoms. The summed E-state index contributed by atoms with van der Waals surface area (Å²) in [5.41, 5.74) is 0.189. The van der Waals surface area contributed by atoms with Gasteiger partial charge in [-0.15, -0.1) is 10.2 Å². The number of amides is 1. The number of benzene rings is 1. The molecule has 0 aliphatic rings. The molecule has 0 aliphatic heterocycles. The molecule has 0 radical (unpaired) electrons. The molecule has 2 rings (SSSR count). The Kier molecular flexibility index (Phi) is 5.23. The van der Waals surface area contributed by atoms with Gasteiger partial charge in [-0.2, -0.15) is 0 Å². The van der Waals surface area contributed by atoms with Gasteiger partial charge in [-0.05, 0) is 18.2 Å². The maximum atomic E-state index is 13.0. The van der Waals surface area contributed by atoms with Crippen LogP contribution in [0.4, 0.5) is 9.52 Å². The first kappa shape index (κ1) is 15.4. The lowest BCUT2D eigenvalue weighted by Gasteiger charge is -2.00. The Morgan fingerprint density at radius 3 is 2.95 bits per heavy atom. The molecule has 21 heavy (non-hydrogen) atoms. The molecule has 0 unspecified atom stereocenters. The normalized spacial score (nSPS) is 10.2. The third kappa shape index (κ3) is 4.50. The number of hydrogen-bond donors (Lipinski definition) is 1. The Morgan fingerprint density at radius 2 is 2.24 bits per heavy atom. The van der Waals surface area contributed by atoms with Crippen LogP contribution < -0.4 is 5.32 Å². The highest BCUT2D eigenvalue weighted by Crippen LogP contribution is 2.25. The van der Waals surface area contributed by atoms with E-state index in [-0.39, 0.29) is 22.4 Å². The number of carbonyl (C=O) groups excluding carboxylic acids is 2. The number of aromatic nitrogens is 2. The molecular weight excluding hydrogens is 317 g/mol. The van der Waals surface area contributed by atoms with Crippen molar-refractivity contribution >= 4 is 40.1 Å². The molecule has 6 nitrogen and oxygen atoms in total. The number of rotatable bonds is 5. The lowest BCUT2D eigenvalue weighted by Crippen LogP contribution is -2.11. The van der Waals surface area contributed by atoms with Crippen molar-refractivity contribution in [1.29, 1.82) is 0 Å². The topological polar surface area (TPSA) is 81.2 Å². The number of esters is 1. The van der Waals surface area contributed by atoms with Crippen LogP contribution in [0.1, 0.15) is 10.4 Å². The minimum absolute atomic E-state index is 0.114. The number of anilines is 1. The van der Waals surface area contributed by atoms with Gasteiger partial charge in [-0.25, -0.2) is 4.39 Å². The van der Waals surface area contributed by atoms with Gasteiger partial charge in [-0.1, -0.05) is 29.2 Å². The molecule has 2 aromatic rings. The average molecular weight is 327 g/mol. The Morgan fingerprint density at radius 1 is 1.43 bits per heavy atom. The molecule has 0 aliphatic carbocycles. The molecule has 1 aromatic heterocycles. The van der Waals surface area contributed by atoms with Crippen LogP contribution in [0.25, 0.3) is 0 Å². The van der Waals surface area contributed by atoms with Gasteiger partial charge in [0.15, 0.2) is 4.34 Å². The smallest absolute Gasteiger partial charge is 0.316 e. The van der Waals surface area contributed by atoms with Crippen LogP contribution in [0.2, 0.25) is 0 Å². The molecule has 0 saturated heterocycles. The quantitative estimate of drug-likeness (QED) is 0.515. The maximum absolute atomic E-state index is 13.0. The highest BCUT2D eigenvalue weighted by molar-refractivity contribution is 8.01. The summed E-state index contributed by atoms with van der Waals surface area (Å²) in [5, 5.41) is 10.4. The minimum Gasteiger partial charge on any atom is -0.468 e. The number of thioether (sulfide) groups is 1. The van der Waals surface area contributed by atoms with E-state index in [1.807, 2.05) is 0 Å². The predicted molar refractivity (Wildman–Crippen MR) is 77.0 cm³/mol. The van der Waals surface area contributed by atoms with Crippen molar-refractivity contribution in [3.05, 3.63) is 35.6 Å². The molecule has 0 fully saturated rings. The molecule has 1 amide bonds. The predicted octanol–water partition coefficient (Wildman–Crippen LogP) is 2.19. The van der Waals surface area contributed by atoms with Crippen molar-refractivity contribution in [2.45, 2.75) is 4.34 Å². The average Bonchev–Trinajstić information content (AvgIpc) is 2.92. The summed E-state index contributed by atoms with van der Waals surface area (Å²) in [4.78, 5) is 22.9. The maximum Gasteiger partial charge on any atom is 0.316 e. The fraction of sp³-hybridized carbons (Fsp3) is 0.167. The van der Waals surface area contributed by atoms with Crippen molar-refractivity contribution in [2.24, 2.45) is 0 Å². The summed E-state index contributed by atoms with van der Waals surface area (Å²) in [6, 6.07) is 5.32. The van der Waals surface area contributed by atoms with Crippen LogP contribution in [0.3, 0.4) is 0 Å². The first-order chi connectivity index (χ1) is 10.1. The number of methoxy groups -OCH3 is 1. The van der Waals surface area contributed by atoms with Gasteiger partial charge in [0.05, 0.1) is 12.9 Å². The number of halogens is 1. The molecule has 1 heterocycles. The van der Waals surface area contributed by atoms with Crippen molar-refractivity contribution in [1.82, 2.24) is 10.2 Å². The Hall–Kier alpha value is -2.00. The van der Waals surface area contributed by atoms with Crippen LogP contribution in [-0.4, -0.2) is 34.9 Å². The number of carbonyl (C=O) groups is 2. The summed E-state index contributed by atoms with van der Waals surface area (Å²) >= 11 is 2.28. The SMILES string of the molecule is COC(=O)CSc1nnc(NC(=O)c2cccc(F)c2)s1. The second-order valence-corrected chi connectivity index (χ2v) is 5.90. The van der Waals surface area contributed by atoms with Crippen LogP contribution in [0.5, 0.6) is 0 Å². The molecule has 1 N–H and O–H groups in total. The van der Waals surface area contributed by atoms with Gasteiger partial charge in [0.1, 0.15) is 5.82 Å². The van der Waals surface area contributed by atoms with Crippen molar-refractivity contribution < 1.29 is 18.7 Å². The largest absolute Gasteiger partial charge is 0.468 e.